The van der Waals surface area contributed by atoms with E-state index in [9.17, 15) is 0 Å². The molecule has 1 N–H and O–H groups in total. The molecule has 1 heterocycles. The minimum atomic E-state index is 0.897. The zero-order chi connectivity index (χ0) is 14.4. The van der Waals surface area contributed by atoms with Crippen LogP contribution in [0.15, 0.2) is 0 Å². The number of hydrogen-bond donors (Lipinski definition) is 1. The molecule has 20 heavy (non-hydrogen) atoms. The van der Waals surface area contributed by atoms with Crippen molar-refractivity contribution in [2.45, 2.75) is 59.3 Å². The van der Waals surface area contributed by atoms with Crippen LogP contribution in [0.25, 0.3) is 0 Å². The molecule has 1 aromatic rings. The number of rotatable bonds is 6. The number of anilines is 2. The van der Waals surface area contributed by atoms with Gasteiger partial charge in [0.15, 0.2) is 0 Å². The Labute approximate surface area is 123 Å². The minimum absolute atomic E-state index is 0.897. The standard InChI is InChI=1S/C16H28N4/c1-4-12-17-15-13-10-8-7-9-11-14(13)18-16(19-15)20(5-2)6-3/h4-12H2,1-3H3,(H,17,18,19). The van der Waals surface area contributed by atoms with Crippen molar-refractivity contribution in [2.75, 3.05) is 29.9 Å². The quantitative estimate of drug-likeness (QED) is 0.808. The summed E-state index contributed by atoms with van der Waals surface area (Å²) in [6, 6.07) is 0. The van der Waals surface area contributed by atoms with Crippen LogP contribution in [0.5, 0.6) is 0 Å². The van der Waals surface area contributed by atoms with Gasteiger partial charge in [-0.1, -0.05) is 13.3 Å². The van der Waals surface area contributed by atoms with Gasteiger partial charge in [-0.3, -0.25) is 0 Å². The molecule has 1 aromatic heterocycles. The molecule has 0 saturated carbocycles. The molecule has 4 nitrogen and oxygen atoms in total. The maximum atomic E-state index is 4.86. The van der Waals surface area contributed by atoms with E-state index in [0.717, 1.165) is 50.7 Å². The van der Waals surface area contributed by atoms with Gasteiger partial charge in [-0.25, -0.2) is 4.98 Å². The van der Waals surface area contributed by atoms with Gasteiger partial charge < -0.3 is 10.2 Å². The Kier molecular flexibility index (Phi) is 5.62. The Morgan fingerprint density at radius 1 is 1.00 bits per heavy atom. The molecule has 0 bridgehead atoms. The van der Waals surface area contributed by atoms with E-state index in [4.69, 9.17) is 9.97 Å². The third kappa shape index (κ3) is 3.41. The van der Waals surface area contributed by atoms with E-state index in [0.29, 0.717) is 0 Å². The van der Waals surface area contributed by atoms with Crippen LogP contribution in [0.3, 0.4) is 0 Å². The number of aromatic nitrogens is 2. The Balaban J connectivity index is 2.37. The highest BCUT2D eigenvalue weighted by Gasteiger charge is 2.18. The van der Waals surface area contributed by atoms with Crippen LogP contribution < -0.4 is 10.2 Å². The van der Waals surface area contributed by atoms with Crippen LogP contribution in [0.4, 0.5) is 11.8 Å². The lowest BCUT2D eigenvalue weighted by molar-refractivity contribution is 0.708. The van der Waals surface area contributed by atoms with Crippen molar-refractivity contribution < 1.29 is 0 Å². The zero-order valence-corrected chi connectivity index (χ0v) is 13.2. The van der Waals surface area contributed by atoms with Crippen molar-refractivity contribution in [3.8, 4) is 0 Å². The predicted octanol–water partition coefficient (Wildman–Crippen LogP) is 3.41. The monoisotopic (exact) mass is 276 g/mol. The second kappa shape index (κ2) is 7.46. The van der Waals surface area contributed by atoms with Crippen LogP contribution in [-0.2, 0) is 12.8 Å². The molecule has 0 aliphatic heterocycles. The highest BCUT2D eigenvalue weighted by Crippen LogP contribution is 2.27. The summed E-state index contributed by atoms with van der Waals surface area (Å²) >= 11 is 0. The molecule has 0 amide bonds. The van der Waals surface area contributed by atoms with Gasteiger partial charge >= 0.3 is 0 Å². The first-order chi connectivity index (χ1) is 9.80. The Morgan fingerprint density at radius 2 is 1.75 bits per heavy atom. The van der Waals surface area contributed by atoms with Crippen molar-refractivity contribution in [3.05, 3.63) is 11.3 Å². The molecule has 112 valence electrons. The Bertz CT molecular complexity index is 427. The molecule has 1 aliphatic carbocycles. The molecular formula is C16H28N4. The highest BCUT2D eigenvalue weighted by molar-refractivity contribution is 5.52. The lowest BCUT2D eigenvalue weighted by Gasteiger charge is -2.22. The topological polar surface area (TPSA) is 41.1 Å². The average Bonchev–Trinajstić information content (AvgIpc) is 2.71. The average molecular weight is 276 g/mol. The van der Waals surface area contributed by atoms with Gasteiger partial charge in [-0.05, 0) is 46.0 Å². The van der Waals surface area contributed by atoms with Crippen LogP contribution in [0, 0.1) is 0 Å². The van der Waals surface area contributed by atoms with Gasteiger partial charge in [-0.2, -0.15) is 4.98 Å². The Hall–Kier alpha value is -1.32. The summed E-state index contributed by atoms with van der Waals surface area (Å²) in [5.41, 5.74) is 2.64. The first kappa shape index (κ1) is 15.1. The number of hydrogen-bond acceptors (Lipinski definition) is 4. The Morgan fingerprint density at radius 3 is 2.45 bits per heavy atom. The van der Waals surface area contributed by atoms with E-state index in [1.807, 2.05) is 0 Å². The van der Waals surface area contributed by atoms with Crippen molar-refractivity contribution in [1.82, 2.24) is 9.97 Å². The molecule has 2 rings (SSSR count). The molecule has 0 spiro atoms. The van der Waals surface area contributed by atoms with Gasteiger partial charge in [0.1, 0.15) is 5.82 Å². The SMILES string of the molecule is CCCNc1nc(N(CC)CC)nc2c1CCCCC2. The third-order valence-electron chi connectivity index (χ3n) is 4.01. The van der Waals surface area contributed by atoms with E-state index < -0.39 is 0 Å². The van der Waals surface area contributed by atoms with E-state index in [2.05, 4.69) is 31.0 Å². The third-order valence-corrected chi connectivity index (χ3v) is 4.01. The fourth-order valence-electron chi connectivity index (χ4n) is 2.80. The first-order valence-corrected chi connectivity index (χ1v) is 8.18. The number of nitrogens with zero attached hydrogens (tertiary/aromatic N) is 3. The summed E-state index contributed by atoms with van der Waals surface area (Å²) in [4.78, 5) is 11.9. The molecule has 1 aliphatic rings. The van der Waals surface area contributed by atoms with Crippen LogP contribution >= 0.6 is 0 Å². The largest absolute Gasteiger partial charge is 0.370 e. The molecule has 0 radical (unpaired) electrons. The van der Waals surface area contributed by atoms with E-state index in [1.54, 1.807) is 0 Å². The molecule has 0 aromatic carbocycles. The van der Waals surface area contributed by atoms with E-state index >= 15 is 0 Å². The van der Waals surface area contributed by atoms with Gasteiger partial charge in [0, 0.05) is 25.2 Å². The summed E-state index contributed by atoms with van der Waals surface area (Å²) in [5, 5.41) is 3.52. The second-order valence-electron chi connectivity index (χ2n) is 5.46. The molecule has 0 atom stereocenters. The maximum absolute atomic E-state index is 4.86. The van der Waals surface area contributed by atoms with Gasteiger partial charge in [-0.15, -0.1) is 0 Å². The fraction of sp³-hybridized carbons (Fsp3) is 0.750. The highest BCUT2D eigenvalue weighted by atomic mass is 15.3. The minimum Gasteiger partial charge on any atom is -0.370 e. The summed E-state index contributed by atoms with van der Waals surface area (Å²) in [6.45, 7) is 9.43. The summed E-state index contributed by atoms with van der Waals surface area (Å²) in [7, 11) is 0. The van der Waals surface area contributed by atoms with Gasteiger partial charge in [0.05, 0.1) is 5.69 Å². The lowest BCUT2D eigenvalue weighted by atomic mass is 10.1. The summed E-state index contributed by atoms with van der Waals surface area (Å²) in [5.74, 6) is 1.98. The lowest BCUT2D eigenvalue weighted by Crippen LogP contribution is -2.25. The molecule has 0 saturated heterocycles. The zero-order valence-electron chi connectivity index (χ0n) is 13.2. The van der Waals surface area contributed by atoms with Crippen LogP contribution in [-0.4, -0.2) is 29.6 Å². The van der Waals surface area contributed by atoms with E-state index in [1.165, 1.54) is 30.5 Å². The number of aryl methyl sites for hydroxylation is 1. The normalized spacial score (nSPS) is 14.6. The van der Waals surface area contributed by atoms with Crippen LogP contribution in [0.1, 0.15) is 57.7 Å². The number of fused-ring (bicyclic) bond motifs is 1. The molecule has 4 heteroatoms. The molecule has 0 unspecified atom stereocenters. The smallest absolute Gasteiger partial charge is 0.227 e. The summed E-state index contributed by atoms with van der Waals surface area (Å²) < 4.78 is 0. The summed E-state index contributed by atoms with van der Waals surface area (Å²) in [6.07, 6.45) is 7.19. The predicted molar refractivity (Wildman–Crippen MR) is 85.6 cm³/mol. The number of nitrogens with one attached hydrogen (secondary N) is 1. The van der Waals surface area contributed by atoms with Gasteiger partial charge in [0.2, 0.25) is 5.95 Å². The van der Waals surface area contributed by atoms with Crippen molar-refractivity contribution in [1.29, 1.82) is 0 Å². The fourth-order valence-corrected chi connectivity index (χ4v) is 2.80. The first-order valence-electron chi connectivity index (χ1n) is 8.18. The second-order valence-corrected chi connectivity index (χ2v) is 5.46. The maximum Gasteiger partial charge on any atom is 0.227 e. The molecular weight excluding hydrogens is 248 g/mol. The molecule has 0 fully saturated rings. The van der Waals surface area contributed by atoms with E-state index in [-0.39, 0.29) is 0 Å². The van der Waals surface area contributed by atoms with Gasteiger partial charge in [0.25, 0.3) is 0 Å². The van der Waals surface area contributed by atoms with Crippen molar-refractivity contribution in [3.63, 3.8) is 0 Å². The van der Waals surface area contributed by atoms with Crippen LogP contribution in [0.2, 0.25) is 0 Å². The van der Waals surface area contributed by atoms with Crippen molar-refractivity contribution in [2.24, 2.45) is 0 Å². The van der Waals surface area contributed by atoms with Crippen molar-refractivity contribution >= 4 is 11.8 Å².